The Labute approximate surface area is 436 Å². The van der Waals surface area contributed by atoms with Crippen molar-refractivity contribution in [3.63, 3.8) is 0 Å². The van der Waals surface area contributed by atoms with Crippen LogP contribution in [0.25, 0.3) is 0 Å². The Morgan fingerprint density at radius 2 is 0.606 bits per heavy atom. The van der Waals surface area contributed by atoms with Gasteiger partial charge >= 0.3 is 17.9 Å². The molecule has 0 aromatic rings. The molecule has 0 aromatic heterocycles. The lowest BCUT2D eigenvalue weighted by Crippen LogP contribution is -2.30. The molecule has 0 saturated carbocycles. The van der Waals surface area contributed by atoms with Gasteiger partial charge in [0.25, 0.3) is 0 Å². The Morgan fingerprint density at radius 1 is 0.310 bits per heavy atom. The van der Waals surface area contributed by atoms with E-state index in [1.807, 2.05) is 6.08 Å². The summed E-state index contributed by atoms with van der Waals surface area (Å²) in [6, 6.07) is 0. The van der Waals surface area contributed by atoms with Gasteiger partial charge in [-0.3, -0.25) is 14.4 Å². The Bertz CT molecular complexity index is 1550. The molecule has 1 unspecified atom stereocenters. The largest absolute Gasteiger partial charge is 0.462 e. The van der Waals surface area contributed by atoms with Crippen LogP contribution in [0.4, 0.5) is 0 Å². The molecular weight excluding hydrogens is 877 g/mol. The predicted molar refractivity (Wildman–Crippen MR) is 306 cm³/mol. The van der Waals surface area contributed by atoms with E-state index in [9.17, 15) is 14.4 Å². The summed E-state index contributed by atoms with van der Waals surface area (Å²) in [4.78, 5) is 38.1. The van der Waals surface area contributed by atoms with Crippen molar-refractivity contribution in [1.29, 1.82) is 0 Å². The summed E-state index contributed by atoms with van der Waals surface area (Å²) in [5.74, 6) is -1.11. The molecule has 0 saturated heterocycles. The number of allylic oxidation sites excluding steroid dienone is 21. The van der Waals surface area contributed by atoms with Crippen LogP contribution in [-0.4, -0.2) is 37.2 Å². The van der Waals surface area contributed by atoms with Crippen LogP contribution in [0.15, 0.2) is 134 Å². The maximum absolute atomic E-state index is 12.9. The van der Waals surface area contributed by atoms with Gasteiger partial charge in [-0.05, 0) is 96.3 Å². The Balaban J connectivity index is 4.56. The zero-order valence-corrected chi connectivity index (χ0v) is 45.7. The molecule has 0 rings (SSSR count). The highest BCUT2D eigenvalue weighted by Crippen LogP contribution is 2.15. The summed E-state index contributed by atoms with van der Waals surface area (Å²) in [5.41, 5.74) is 0. The third-order valence-corrected chi connectivity index (χ3v) is 11.7. The second-order valence-corrected chi connectivity index (χ2v) is 18.5. The van der Waals surface area contributed by atoms with Gasteiger partial charge in [0.05, 0.1) is 6.42 Å². The van der Waals surface area contributed by atoms with E-state index in [4.69, 9.17) is 14.2 Å². The molecule has 6 nitrogen and oxygen atoms in total. The lowest BCUT2D eigenvalue weighted by molar-refractivity contribution is -0.166. The Kier molecular flexibility index (Phi) is 54.5. The number of unbranched alkanes of at least 4 members (excludes halogenated alkanes) is 18. The van der Waals surface area contributed by atoms with E-state index in [1.54, 1.807) is 6.08 Å². The van der Waals surface area contributed by atoms with Crippen LogP contribution in [0.2, 0.25) is 0 Å². The lowest BCUT2D eigenvalue weighted by atomic mass is 10.0. The summed E-state index contributed by atoms with van der Waals surface area (Å²) >= 11 is 0. The Morgan fingerprint density at radius 3 is 0.986 bits per heavy atom. The average Bonchev–Trinajstić information content (AvgIpc) is 3.37. The second kappa shape index (κ2) is 58.1. The van der Waals surface area contributed by atoms with Crippen molar-refractivity contribution in [3.8, 4) is 0 Å². The molecule has 6 heteroatoms. The van der Waals surface area contributed by atoms with Crippen LogP contribution in [0, 0.1) is 0 Å². The molecular formula is C65H104O6. The van der Waals surface area contributed by atoms with Crippen molar-refractivity contribution in [2.24, 2.45) is 0 Å². The number of esters is 3. The molecule has 0 heterocycles. The van der Waals surface area contributed by atoms with Crippen molar-refractivity contribution >= 4 is 17.9 Å². The molecule has 0 N–H and O–H groups in total. The maximum atomic E-state index is 12.9. The molecule has 0 aliphatic carbocycles. The molecule has 0 spiro atoms. The van der Waals surface area contributed by atoms with E-state index in [2.05, 4.69) is 142 Å². The number of carbonyl (C=O) groups is 3. The van der Waals surface area contributed by atoms with E-state index >= 15 is 0 Å². The van der Waals surface area contributed by atoms with Crippen LogP contribution in [0.3, 0.4) is 0 Å². The molecule has 0 aliphatic rings. The molecule has 0 radical (unpaired) electrons. The first kappa shape index (κ1) is 66.6. The van der Waals surface area contributed by atoms with E-state index in [-0.39, 0.29) is 38.0 Å². The second-order valence-electron chi connectivity index (χ2n) is 18.5. The standard InChI is InChI=1S/C65H104O6/c1-4-7-10-13-16-19-22-25-28-30-31-32-33-35-37-40-43-46-49-52-55-58-64(67)70-61-62(60-69-63(66)57-54-51-48-45-42-39-36-27-24-21-18-15-12-9-6-3)71-65(68)59-56-53-50-47-44-41-38-34-29-26-23-20-17-14-11-8-5-2/h7,9-10,12,16,18-19,21,25,27-28,31-32,35-37,42-43,45-46,51,54,62H,4-6,8,11,13-15,17,20,22-24,26,29-30,33-34,38-41,44,47-50,52-53,55-61H2,1-3H3/b10-7-,12-9-,19-16-,21-18-,28-25-,32-31-,36-27-,37-35-,45-42-,46-43-,54-51-. The zero-order chi connectivity index (χ0) is 51.4. The fourth-order valence-electron chi connectivity index (χ4n) is 7.46. The Hall–Kier alpha value is -4.45. The van der Waals surface area contributed by atoms with Gasteiger partial charge in [-0.1, -0.05) is 257 Å². The van der Waals surface area contributed by atoms with Crippen molar-refractivity contribution < 1.29 is 28.6 Å². The van der Waals surface area contributed by atoms with E-state index in [0.29, 0.717) is 12.8 Å². The zero-order valence-electron chi connectivity index (χ0n) is 45.7. The van der Waals surface area contributed by atoms with Crippen molar-refractivity contribution in [3.05, 3.63) is 134 Å². The molecule has 400 valence electrons. The molecule has 0 fully saturated rings. The molecule has 0 bridgehead atoms. The number of hydrogen-bond acceptors (Lipinski definition) is 6. The number of rotatable bonds is 50. The van der Waals surface area contributed by atoms with Gasteiger partial charge < -0.3 is 14.2 Å². The van der Waals surface area contributed by atoms with Gasteiger partial charge in [0.15, 0.2) is 6.10 Å². The molecule has 1 atom stereocenters. The van der Waals surface area contributed by atoms with Crippen molar-refractivity contribution in [1.82, 2.24) is 0 Å². The monoisotopic (exact) mass is 981 g/mol. The van der Waals surface area contributed by atoms with Gasteiger partial charge in [0.1, 0.15) is 13.2 Å². The van der Waals surface area contributed by atoms with Crippen LogP contribution in [-0.2, 0) is 28.6 Å². The number of ether oxygens (including phenoxy) is 3. The summed E-state index contributed by atoms with van der Waals surface area (Å²) in [6.45, 7) is 6.29. The average molecular weight is 982 g/mol. The van der Waals surface area contributed by atoms with E-state index < -0.39 is 12.1 Å². The summed E-state index contributed by atoms with van der Waals surface area (Å²) < 4.78 is 16.7. The molecule has 71 heavy (non-hydrogen) atoms. The first-order valence-electron chi connectivity index (χ1n) is 28.7. The normalized spacial score (nSPS) is 13.1. The smallest absolute Gasteiger partial charge is 0.309 e. The third-order valence-electron chi connectivity index (χ3n) is 11.7. The highest BCUT2D eigenvalue weighted by molar-refractivity contribution is 5.72. The fourth-order valence-corrected chi connectivity index (χ4v) is 7.46. The fraction of sp³-hybridized carbons (Fsp3) is 0.615. The van der Waals surface area contributed by atoms with Crippen LogP contribution in [0.1, 0.15) is 239 Å². The lowest BCUT2D eigenvalue weighted by Gasteiger charge is -2.18. The summed E-state index contributed by atoms with van der Waals surface area (Å²) in [7, 11) is 0. The van der Waals surface area contributed by atoms with Gasteiger partial charge in [-0.2, -0.15) is 0 Å². The first-order chi connectivity index (χ1) is 35.0. The van der Waals surface area contributed by atoms with E-state index in [1.165, 1.54) is 89.9 Å². The highest BCUT2D eigenvalue weighted by Gasteiger charge is 2.19. The van der Waals surface area contributed by atoms with Gasteiger partial charge in [0, 0.05) is 12.8 Å². The number of hydrogen-bond donors (Lipinski definition) is 0. The van der Waals surface area contributed by atoms with Crippen LogP contribution < -0.4 is 0 Å². The summed E-state index contributed by atoms with van der Waals surface area (Å²) in [5, 5.41) is 0. The van der Waals surface area contributed by atoms with Crippen LogP contribution in [0.5, 0.6) is 0 Å². The summed E-state index contributed by atoms with van der Waals surface area (Å²) in [6.07, 6.45) is 81.8. The molecule has 0 amide bonds. The maximum Gasteiger partial charge on any atom is 0.309 e. The van der Waals surface area contributed by atoms with E-state index in [0.717, 1.165) is 103 Å². The molecule has 0 aliphatic heterocycles. The predicted octanol–water partition coefficient (Wildman–Crippen LogP) is 19.4. The number of carbonyl (C=O) groups excluding carboxylic acids is 3. The van der Waals surface area contributed by atoms with Crippen molar-refractivity contribution in [2.75, 3.05) is 13.2 Å². The van der Waals surface area contributed by atoms with Gasteiger partial charge in [0.2, 0.25) is 0 Å². The molecule has 0 aromatic carbocycles. The minimum absolute atomic E-state index is 0.115. The minimum atomic E-state index is -0.839. The minimum Gasteiger partial charge on any atom is -0.462 e. The van der Waals surface area contributed by atoms with Gasteiger partial charge in [-0.15, -0.1) is 0 Å². The first-order valence-corrected chi connectivity index (χ1v) is 28.7. The third kappa shape index (κ3) is 56.3. The van der Waals surface area contributed by atoms with Gasteiger partial charge in [-0.25, -0.2) is 0 Å². The SMILES string of the molecule is CC/C=C\C/C=C\C/C=C\C/C=C\C/C=C\C/C=C\CCCCC(=O)OCC(COC(=O)C/C=C\C/C=C\C/C=C\C/C=C\C/C=C\CC)OC(=O)CCCCCCCCCCCCCCCCCCC. The quantitative estimate of drug-likeness (QED) is 0.0262. The topological polar surface area (TPSA) is 78.9 Å². The van der Waals surface area contributed by atoms with Crippen LogP contribution >= 0.6 is 0 Å². The van der Waals surface area contributed by atoms with Crippen molar-refractivity contribution in [2.45, 2.75) is 245 Å². The highest BCUT2D eigenvalue weighted by atomic mass is 16.6.